The zero-order chi connectivity index (χ0) is 7.78. The van der Waals surface area contributed by atoms with Crippen molar-refractivity contribution in [2.24, 2.45) is 0 Å². The van der Waals surface area contributed by atoms with Gasteiger partial charge in [-0.25, -0.2) is 0 Å². The van der Waals surface area contributed by atoms with Crippen molar-refractivity contribution >= 4 is 18.6 Å². The van der Waals surface area contributed by atoms with Gasteiger partial charge in [-0.15, -0.1) is 0 Å². The van der Waals surface area contributed by atoms with Crippen LogP contribution < -0.4 is 0 Å². The van der Waals surface area contributed by atoms with Crippen LogP contribution in [0.4, 0.5) is 0 Å². The van der Waals surface area contributed by atoms with Gasteiger partial charge in [0.2, 0.25) is 0 Å². The van der Waals surface area contributed by atoms with E-state index in [1.165, 1.54) is 6.92 Å². The molecule has 58 valence electrons. The molecule has 10 heavy (non-hydrogen) atoms. The lowest BCUT2D eigenvalue weighted by molar-refractivity contribution is -0.148. The van der Waals surface area contributed by atoms with E-state index in [-0.39, 0.29) is 16.8 Å². The zero-order valence-electron chi connectivity index (χ0n) is 6.26. The highest BCUT2D eigenvalue weighted by atomic mass is 32.1. The number of thiol groups is 1. The lowest BCUT2D eigenvalue weighted by atomic mass is 10.2. The molecule has 2 nitrogen and oxygen atoms in total. The number of rotatable bonds is 2. The Balaban J connectivity index is 2.45. The summed E-state index contributed by atoms with van der Waals surface area (Å²) in [6.07, 6.45) is 1.94. The van der Waals surface area contributed by atoms with Gasteiger partial charge in [-0.05, 0) is 19.8 Å². The molecule has 0 spiro atoms. The van der Waals surface area contributed by atoms with Gasteiger partial charge in [0.1, 0.15) is 5.60 Å². The molecule has 0 aliphatic heterocycles. The second-order valence-electron chi connectivity index (χ2n) is 2.83. The first-order valence-electron chi connectivity index (χ1n) is 3.44. The van der Waals surface area contributed by atoms with Crippen LogP contribution in [0.2, 0.25) is 0 Å². The summed E-state index contributed by atoms with van der Waals surface area (Å²) in [7, 11) is 0. The maximum Gasteiger partial charge on any atom is 0.303 e. The Morgan fingerprint density at radius 1 is 1.70 bits per heavy atom. The molecule has 1 unspecified atom stereocenters. The van der Waals surface area contributed by atoms with Crippen molar-refractivity contribution in [3.63, 3.8) is 0 Å². The van der Waals surface area contributed by atoms with E-state index < -0.39 is 0 Å². The minimum absolute atomic E-state index is 0.163. The molecule has 0 heterocycles. The molecule has 0 aromatic heterocycles. The van der Waals surface area contributed by atoms with Crippen LogP contribution in [0.15, 0.2) is 0 Å². The van der Waals surface area contributed by atoms with Crippen LogP contribution in [-0.2, 0) is 9.53 Å². The molecule has 1 rings (SSSR count). The summed E-state index contributed by atoms with van der Waals surface area (Å²) in [4.78, 5) is 10.5. The molecule has 1 saturated carbocycles. The molecular weight excluding hydrogens is 148 g/mol. The quantitative estimate of drug-likeness (QED) is 0.488. The zero-order valence-corrected chi connectivity index (χ0v) is 7.15. The third kappa shape index (κ3) is 1.45. The fourth-order valence-electron chi connectivity index (χ4n) is 1.01. The second-order valence-corrected chi connectivity index (χ2v) is 3.61. The Bertz CT molecular complexity index is 150. The normalized spacial score (nSPS) is 23.5. The molecule has 1 atom stereocenters. The number of hydrogen-bond donors (Lipinski definition) is 1. The minimum Gasteiger partial charge on any atom is -0.458 e. The molecule has 1 aliphatic rings. The fourth-order valence-corrected chi connectivity index (χ4v) is 1.33. The van der Waals surface area contributed by atoms with E-state index in [1.54, 1.807) is 0 Å². The molecule has 0 saturated heterocycles. The maximum absolute atomic E-state index is 10.5. The van der Waals surface area contributed by atoms with Crippen LogP contribution in [0.5, 0.6) is 0 Å². The predicted molar refractivity (Wildman–Crippen MR) is 42.2 cm³/mol. The van der Waals surface area contributed by atoms with Crippen LogP contribution >= 0.6 is 12.6 Å². The van der Waals surface area contributed by atoms with Gasteiger partial charge in [-0.1, -0.05) is 0 Å². The lowest BCUT2D eigenvalue weighted by Crippen LogP contribution is -2.26. The van der Waals surface area contributed by atoms with Gasteiger partial charge in [0.15, 0.2) is 0 Å². The highest BCUT2D eigenvalue weighted by Gasteiger charge is 2.49. The van der Waals surface area contributed by atoms with Crippen molar-refractivity contribution < 1.29 is 9.53 Å². The summed E-state index contributed by atoms with van der Waals surface area (Å²) in [6.45, 7) is 3.40. The Hall–Kier alpha value is -0.180. The number of carbonyl (C=O) groups excluding carboxylic acids is 1. The lowest BCUT2D eigenvalue weighted by Gasteiger charge is -2.18. The van der Waals surface area contributed by atoms with Gasteiger partial charge in [0.25, 0.3) is 0 Å². The topological polar surface area (TPSA) is 26.3 Å². The standard InChI is InChI=1S/C7H12O2S/c1-5(10)7(3-4-7)9-6(2)8/h5,10H,3-4H2,1-2H3. The molecule has 0 aromatic carbocycles. The molecule has 1 aliphatic carbocycles. The summed E-state index contributed by atoms with van der Waals surface area (Å²) in [6, 6.07) is 0. The molecule has 0 N–H and O–H groups in total. The average molecular weight is 160 g/mol. The second kappa shape index (κ2) is 2.46. The molecule has 0 bridgehead atoms. The number of hydrogen-bond acceptors (Lipinski definition) is 3. The Labute approximate surface area is 66.4 Å². The summed E-state index contributed by atoms with van der Waals surface area (Å²) >= 11 is 4.24. The maximum atomic E-state index is 10.5. The van der Waals surface area contributed by atoms with E-state index in [9.17, 15) is 4.79 Å². The first kappa shape index (κ1) is 7.92. The molecule has 0 aromatic rings. The van der Waals surface area contributed by atoms with Crippen molar-refractivity contribution in [2.75, 3.05) is 0 Å². The van der Waals surface area contributed by atoms with Crippen LogP contribution in [0.25, 0.3) is 0 Å². The van der Waals surface area contributed by atoms with E-state index in [1.807, 2.05) is 6.92 Å². The molecule has 0 radical (unpaired) electrons. The third-order valence-corrected chi connectivity index (χ3v) is 2.32. The number of esters is 1. The summed E-state index contributed by atoms with van der Waals surface area (Å²) < 4.78 is 5.09. The fraction of sp³-hybridized carbons (Fsp3) is 0.857. The van der Waals surface area contributed by atoms with Crippen LogP contribution in [0, 0.1) is 0 Å². The third-order valence-electron chi connectivity index (χ3n) is 1.85. The van der Waals surface area contributed by atoms with Crippen molar-refractivity contribution in [3.05, 3.63) is 0 Å². The van der Waals surface area contributed by atoms with E-state index in [2.05, 4.69) is 12.6 Å². The van der Waals surface area contributed by atoms with E-state index in [0.717, 1.165) is 12.8 Å². The van der Waals surface area contributed by atoms with Gasteiger partial charge in [-0.2, -0.15) is 12.6 Å². The summed E-state index contributed by atoms with van der Waals surface area (Å²) in [5.74, 6) is -0.196. The van der Waals surface area contributed by atoms with E-state index in [0.29, 0.717) is 0 Å². The molecule has 1 fully saturated rings. The summed E-state index contributed by atoms with van der Waals surface area (Å²) in [5, 5.41) is 0.163. The van der Waals surface area contributed by atoms with Crippen molar-refractivity contribution in [3.8, 4) is 0 Å². The Morgan fingerprint density at radius 2 is 2.20 bits per heavy atom. The van der Waals surface area contributed by atoms with Crippen molar-refractivity contribution in [2.45, 2.75) is 37.5 Å². The summed E-state index contributed by atoms with van der Waals surface area (Å²) in [5.41, 5.74) is -0.213. The van der Waals surface area contributed by atoms with E-state index >= 15 is 0 Å². The minimum atomic E-state index is -0.213. The largest absolute Gasteiger partial charge is 0.458 e. The number of ether oxygens (including phenoxy) is 1. The van der Waals surface area contributed by atoms with Crippen molar-refractivity contribution in [1.82, 2.24) is 0 Å². The van der Waals surface area contributed by atoms with Gasteiger partial charge in [0, 0.05) is 12.2 Å². The van der Waals surface area contributed by atoms with Gasteiger partial charge < -0.3 is 4.74 Å². The molecular formula is C7H12O2S. The monoisotopic (exact) mass is 160 g/mol. The van der Waals surface area contributed by atoms with Crippen LogP contribution in [0.1, 0.15) is 26.7 Å². The first-order chi connectivity index (χ1) is 4.57. The van der Waals surface area contributed by atoms with Gasteiger partial charge in [0.05, 0.1) is 0 Å². The van der Waals surface area contributed by atoms with Crippen LogP contribution in [0.3, 0.4) is 0 Å². The molecule has 3 heteroatoms. The average Bonchev–Trinajstić information content (AvgIpc) is 2.46. The van der Waals surface area contributed by atoms with Gasteiger partial charge >= 0.3 is 5.97 Å². The van der Waals surface area contributed by atoms with Crippen molar-refractivity contribution in [1.29, 1.82) is 0 Å². The predicted octanol–water partition coefficient (Wildman–Crippen LogP) is 1.40. The van der Waals surface area contributed by atoms with Crippen LogP contribution in [-0.4, -0.2) is 16.8 Å². The number of carbonyl (C=O) groups is 1. The first-order valence-corrected chi connectivity index (χ1v) is 3.96. The van der Waals surface area contributed by atoms with E-state index in [4.69, 9.17) is 4.74 Å². The Morgan fingerprint density at radius 3 is 2.30 bits per heavy atom. The van der Waals surface area contributed by atoms with Gasteiger partial charge in [-0.3, -0.25) is 4.79 Å². The highest BCUT2D eigenvalue weighted by Crippen LogP contribution is 2.44. The Kier molecular flexibility index (Phi) is 1.95. The smallest absolute Gasteiger partial charge is 0.303 e. The SMILES string of the molecule is CC(=O)OC1(C(C)S)CC1. The molecule has 0 amide bonds. The highest BCUT2D eigenvalue weighted by molar-refractivity contribution is 7.81.